The number of methoxy groups -OCH3 is 2. The third-order valence-corrected chi connectivity index (χ3v) is 5.45. The van der Waals surface area contributed by atoms with Crippen LogP contribution >= 0.6 is 0 Å². The van der Waals surface area contributed by atoms with Crippen LogP contribution < -0.4 is 25.0 Å². The van der Waals surface area contributed by atoms with Gasteiger partial charge in [0.25, 0.3) is 0 Å². The number of benzene rings is 2. The fourth-order valence-corrected chi connectivity index (χ4v) is 3.65. The predicted octanol–water partition coefficient (Wildman–Crippen LogP) is 2.92. The Morgan fingerprint density at radius 3 is 2.10 bits per heavy atom. The Balaban J connectivity index is 1.47. The van der Waals surface area contributed by atoms with Crippen molar-refractivity contribution in [2.45, 2.75) is 0 Å². The quantitative estimate of drug-likeness (QED) is 0.537. The van der Waals surface area contributed by atoms with Gasteiger partial charge in [-0.2, -0.15) is 0 Å². The Bertz CT molecular complexity index is 998. The number of para-hydroxylation sites is 2. The third kappa shape index (κ3) is 5.08. The lowest BCUT2D eigenvalue weighted by Gasteiger charge is -2.34. The highest BCUT2D eigenvalue weighted by molar-refractivity contribution is 5.80. The Hall–Kier alpha value is -3.26. The van der Waals surface area contributed by atoms with E-state index in [2.05, 4.69) is 27.5 Å². The molecule has 164 valence electrons. The first-order valence-corrected chi connectivity index (χ1v) is 10.6. The average Bonchev–Trinajstić information content (AvgIpc) is 2.81. The number of hydrogen-bond donors (Lipinski definition) is 2. The minimum absolute atomic E-state index is 0.702. The van der Waals surface area contributed by atoms with Crippen LogP contribution in [-0.4, -0.2) is 75.4 Å². The zero-order valence-electron chi connectivity index (χ0n) is 18.4. The lowest BCUT2D eigenvalue weighted by atomic mass is 10.2. The van der Waals surface area contributed by atoms with E-state index in [0.717, 1.165) is 66.0 Å². The van der Waals surface area contributed by atoms with Crippen LogP contribution in [-0.2, 0) is 0 Å². The van der Waals surface area contributed by atoms with Crippen LogP contribution in [0.3, 0.4) is 0 Å². The summed E-state index contributed by atoms with van der Waals surface area (Å²) in [5, 5.41) is 6.90. The molecule has 1 saturated heterocycles. The molecule has 1 aliphatic rings. The van der Waals surface area contributed by atoms with Crippen LogP contribution in [0.1, 0.15) is 0 Å². The van der Waals surface area contributed by atoms with Gasteiger partial charge in [0, 0.05) is 63.2 Å². The van der Waals surface area contributed by atoms with Gasteiger partial charge in [0.2, 0.25) is 0 Å². The van der Waals surface area contributed by atoms with Gasteiger partial charge in [-0.1, -0.05) is 12.1 Å². The fourth-order valence-electron chi connectivity index (χ4n) is 3.65. The molecule has 1 aromatic heterocycles. The molecule has 8 nitrogen and oxygen atoms in total. The Morgan fingerprint density at radius 1 is 0.839 bits per heavy atom. The summed E-state index contributed by atoms with van der Waals surface area (Å²) < 4.78 is 10.7. The van der Waals surface area contributed by atoms with E-state index >= 15 is 0 Å². The van der Waals surface area contributed by atoms with Crippen LogP contribution in [0.25, 0.3) is 11.0 Å². The molecular weight excluding hydrogens is 392 g/mol. The molecule has 3 aromatic rings. The molecule has 2 heterocycles. The Labute approximate surface area is 183 Å². The summed E-state index contributed by atoms with van der Waals surface area (Å²) in [6.45, 7) is 5.35. The molecule has 0 atom stereocenters. The first-order valence-electron chi connectivity index (χ1n) is 10.6. The van der Waals surface area contributed by atoms with Gasteiger partial charge in [-0.3, -0.25) is 0 Å². The molecule has 0 aliphatic carbocycles. The van der Waals surface area contributed by atoms with Crippen LogP contribution in [0.4, 0.5) is 17.3 Å². The summed E-state index contributed by atoms with van der Waals surface area (Å²) in [7, 11) is 5.46. The zero-order valence-corrected chi connectivity index (χ0v) is 18.4. The van der Waals surface area contributed by atoms with Crippen LogP contribution in [0.5, 0.6) is 11.5 Å². The maximum Gasteiger partial charge on any atom is 0.172 e. The van der Waals surface area contributed by atoms with Crippen molar-refractivity contribution in [3.8, 4) is 11.5 Å². The number of nitrogens with zero attached hydrogens (tertiary/aromatic N) is 4. The Kier molecular flexibility index (Phi) is 6.57. The smallest absolute Gasteiger partial charge is 0.172 e. The van der Waals surface area contributed by atoms with Gasteiger partial charge in [0.15, 0.2) is 11.6 Å². The summed E-state index contributed by atoms with van der Waals surface area (Å²) in [6.07, 6.45) is 0. The molecule has 4 rings (SSSR count). The lowest BCUT2D eigenvalue weighted by Crippen LogP contribution is -2.45. The largest absolute Gasteiger partial charge is 0.497 e. The summed E-state index contributed by atoms with van der Waals surface area (Å²) in [6, 6.07) is 13.8. The van der Waals surface area contributed by atoms with Gasteiger partial charge in [0.05, 0.1) is 25.3 Å². The zero-order chi connectivity index (χ0) is 21.6. The van der Waals surface area contributed by atoms with Crippen molar-refractivity contribution in [1.82, 2.24) is 14.9 Å². The van der Waals surface area contributed by atoms with Crippen LogP contribution in [0.15, 0.2) is 42.5 Å². The van der Waals surface area contributed by atoms with Crippen molar-refractivity contribution in [2.24, 2.45) is 0 Å². The number of aromatic nitrogens is 2. The molecule has 8 heteroatoms. The number of fused-ring (bicyclic) bond motifs is 1. The minimum Gasteiger partial charge on any atom is -0.497 e. The summed E-state index contributed by atoms with van der Waals surface area (Å²) in [4.78, 5) is 14.5. The van der Waals surface area contributed by atoms with Crippen molar-refractivity contribution >= 4 is 28.4 Å². The second kappa shape index (κ2) is 9.70. The highest BCUT2D eigenvalue weighted by atomic mass is 16.5. The van der Waals surface area contributed by atoms with Gasteiger partial charge in [-0.25, -0.2) is 9.97 Å². The second-order valence-corrected chi connectivity index (χ2v) is 7.63. The average molecular weight is 423 g/mol. The minimum atomic E-state index is 0.702. The van der Waals surface area contributed by atoms with Crippen molar-refractivity contribution in [2.75, 3.05) is 76.1 Å². The molecule has 0 amide bonds. The number of rotatable bonds is 8. The molecule has 0 unspecified atom stereocenters. The lowest BCUT2D eigenvalue weighted by molar-refractivity contribution is 0.312. The normalized spacial score (nSPS) is 14.5. The van der Waals surface area contributed by atoms with Crippen LogP contribution in [0.2, 0.25) is 0 Å². The summed E-state index contributed by atoms with van der Waals surface area (Å²) in [5.41, 5.74) is 2.76. The molecule has 0 spiro atoms. The number of anilines is 3. The van der Waals surface area contributed by atoms with E-state index in [1.54, 1.807) is 14.2 Å². The first kappa shape index (κ1) is 21.0. The second-order valence-electron chi connectivity index (χ2n) is 7.63. The predicted molar refractivity (Wildman–Crippen MR) is 126 cm³/mol. The van der Waals surface area contributed by atoms with E-state index < -0.39 is 0 Å². The number of likely N-dealkylation sites (N-methyl/N-ethyl adjacent to an activating group) is 1. The van der Waals surface area contributed by atoms with E-state index in [0.29, 0.717) is 13.1 Å². The maximum absolute atomic E-state index is 5.34. The van der Waals surface area contributed by atoms with Crippen molar-refractivity contribution < 1.29 is 9.47 Å². The number of hydrogen-bond acceptors (Lipinski definition) is 8. The van der Waals surface area contributed by atoms with Crippen LogP contribution in [0, 0.1) is 0 Å². The van der Waals surface area contributed by atoms with E-state index in [1.165, 1.54) is 0 Å². The SMILES string of the molecule is COc1cc(NCCNc2nc3ccccc3nc2N2CCN(C)CC2)cc(OC)c1. The fraction of sp³-hybridized carbons (Fsp3) is 0.391. The summed E-state index contributed by atoms with van der Waals surface area (Å²) >= 11 is 0. The van der Waals surface area contributed by atoms with E-state index in [1.807, 2.05) is 42.5 Å². The first-order chi connectivity index (χ1) is 15.2. The molecule has 0 saturated carbocycles. The topological polar surface area (TPSA) is 74.8 Å². The molecule has 0 radical (unpaired) electrons. The standard InChI is InChI=1S/C23H30N6O2/c1-28-10-12-29(13-11-28)23-22(26-20-6-4-5-7-21(20)27-23)25-9-8-24-17-14-18(30-2)16-19(15-17)31-3/h4-7,14-16,24H,8-13H2,1-3H3,(H,25,26). The molecule has 31 heavy (non-hydrogen) atoms. The van der Waals surface area contributed by atoms with Crippen molar-refractivity contribution in [3.63, 3.8) is 0 Å². The molecule has 1 aliphatic heterocycles. The van der Waals surface area contributed by atoms with Gasteiger partial charge < -0.3 is 29.9 Å². The van der Waals surface area contributed by atoms with Gasteiger partial charge >= 0.3 is 0 Å². The molecule has 2 aromatic carbocycles. The van der Waals surface area contributed by atoms with Gasteiger partial charge in [-0.05, 0) is 19.2 Å². The van der Waals surface area contributed by atoms with Crippen molar-refractivity contribution in [3.05, 3.63) is 42.5 Å². The maximum atomic E-state index is 5.34. The highest BCUT2D eigenvalue weighted by Crippen LogP contribution is 2.27. The van der Waals surface area contributed by atoms with E-state index in [9.17, 15) is 0 Å². The van der Waals surface area contributed by atoms with Crippen molar-refractivity contribution in [1.29, 1.82) is 0 Å². The molecular formula is C23H30N6O2. The number of piperazine rings is 1. The molecule has 1 fully saturated rings. The molecule has 0 bridgehead atoms. The third-order valence-electron chi connectivity index (χ3n) is 5.45. The summed E-state index contributed by atoms with van der Waals surface area (Å²) in [5.74, 6) is 3.27. The monoisotopic (exact) mass is 422 g/mol. The van der Waals surface area contributed by atoms with Gasteiger partial charge in [-0.15, -0.1) is 0 Å². The Morgan fingerprint density at radius 2 is 1.45 bits per heavy atom. The van der Waals surface area contributed by atoms with E-state index in [-0.39, 0.29) is 0 Å². The number of nitrogens with one attached hydrogen (secondary N) is 2. The number of ether oxygens (including phenoxy) is 2. The van der Waals surface area contributed by atoms with E-state index in [4.69, 9.17) is 19.4 Å². The highest BCUT2D eigenvalue weighted by Gasteiger charge is 2.20. The molecule has 2 N–H and O–H groups in total. The van der Waals surface area contributed by atoms with Gasteiger partial charge in [0.1, 0.15) is 11.5 Å².